The third-order valence-corrected chi connectivity index (χ3v) is 14.0. The van der Waals surface area contributed by atoms with Gasteiger partial charge in [0.25, 0.3) is 11.7 Å². The zero-order valence-corrected chi connectivity index (χ0v) is 38.9. The quantitative estimate of drug-likeness (QED) is 0.0810. The highest BCUT2D eigenvalue weighted by atomic mass is 35.5. The number of esters is 5. The number of hydrogen-bond acceptors (Lipinski definition) is 17. The van der Waals surface area contributed by atoms with E-state index in [1.165, 1.54) is 64.1 Å². The van der Waals surface area contributed by atoms with Gasteiger partial charge in [-0.05, 0) is 67.0 Å². The van der Waals surface area contributed by atoms with Gasteiger partial charge >= 0.3 is 29.8 Å². The number of ketones is 1. The van der Waals surface area contributed by atoms with Crippen molar-refractivity contribution in [3.05, 3.63) is 118 Å². The van der Waals surface area contributed by atoms with E-state index in [9.17, 15) is 34.2 Å². The van der Waals surface area contributed by atoms with Crippen LogP contribution in [0.15, 0.2) is 96.1 Å². The Morgan fingerprint density at radius 2 is 1.51 bits per heavy atom. The molecular formula is C49H53ClN2O16. The van der Waals surface area contributed by atoms with Crippen molar-refractivity contribution in [1.29, 1.82) is 0 Å². The van der Waals surface area contributed by atoms with Crippen molar-refractivity contribution in [2.24, 2.45) is 22.5 Å². The fraction of sp³-hybridized carbons (Fsp3) is 0.449. The van der Waals surface area contributed by atoms with E-state index in [0.29, 0.717) is 10.6 Å². The second kappa shape index (κ2) is 19.2. The monoisotopic (exact) mass is 960 g/mol. The van der Waals surface area contributed by atoms with Crippen molar-refractivity contribution < 1.29 is 77.2 Å². The molecule has 19 heteroatoms. The van der Waals surface area contributed by atoms with Crippen LogP contribution in [0, 0.1) is 16.7 Å². The van der Waals surface area contributed by atoms with E-state index in [1.807, 2.05) is 0 Å². The molecule has 7 rings (SSSR count). The van der Waals surface area contributed by atoms with Crippen LogP contribution in [0.1, 0.15) is 93.1 Å². The zero-order valence-electron chi connectivity index (χ0n) is 38.1. The van der Waals surface area contributed by atoms with Gasteiger partial charge in [0, 0.05) is 49.2 Å². The third-order valence-electron chi connectivity index (χ3n) is 13.7. The summed E-state index contributed by atoms with van der Waals surface area (Å²) in [4.78, 5) is 109. The van der Waals surface area contributed by atoms with Crippen LogP contribution >= 0.6 is 11.6 Å². The van der Waals surface area contributed by atoms with E-state index in [4.69, 9.17) is 50.8 Å². The number of halogens is 1. The smallest absolute Gasteiger partial charge is 0.350 e. The number of carbonyl (C=O) groups is 7. The number of hydrogen-bond donors (Lipinski definition) is 4. The highest BCUT2D eigenvalue weighted by molar-refractivity contribution is 6.30. The first-order valence-electron chi connectivity index (χ1n) is 21.9. The summed E-state index contributed by atoms with van der Waals surface area (Å²) in [6.45, 7) is 7.73. The van der Waals surface area contributed by atoms with Crippen molar-refractivity contribution in [3.63, 3.8) is 0 Å². The van der Waals surface area contributed by atoms with Crippen molar-refractivity contribution >= 4 is 53.1 Å². The van der Waals surface area contributed by atoms with E-state index in [0.717, 1.165) is 13.8 Å². The zero-order chi connectivity index (χ0) is 49.5. The minimum Gasteiger partial charge on any atom is -0.455 e. The fourth-order valence-electron chi connectivity index (χ4n) is 10.2. The molecular weight excluding hydrogens is 908 g/mol. The van der Waals surface area contributed by atoms with Crippen LogP contribution in [0.2, 0.25) is 5.02 Å². The van der Waals surface area contributed by atoms with Crippen molar-refractivity contribution in [1.82, 2.24) is 5.32 Å². The molecule has 3 aliphatic carbocycles. The van der Waals surface area contributed by atoms with Gasteiger partial charge in [-0.2, -0.15) is 4.89 Å². The van der Waals surface area contributed by atoms with Crippen molar-refractivity contribution in [3.8, 4) is 0 Å². The first-order valence-corrected chi connectivity index (χ1v) is 22.3. The number of ether oxygens (including phenoxy) is 5. The number of amides is 1. The second-order valence-electron chi connectivity index (χ2n) is 18.1. The predicted molar refractivity (Wildman–Crippen MR) is 236 cm³/mol. The van der Waals surface area contributed by atoms with Crippen LogP contribution in [-0.4, -0.2) is 106 Å². The van der Waals surface area contributed by atoms with Crippen molar-refractivity contribution in [2.45, 2.75) is 115 Å². The van der Waals surface area contributed by atoms with E-state index >= 15 is 9.59 Å². The molecule has 11 atom stereocenters. The molecule has 18 nitrogen and oxygen atoms in total. The number of nitrogens with two attached hydrogens (primary N) is 1. The summed E-state index contributed by atoms with van der Waals surface area (Å²) in [5.74, 6) is -10.9. The maximum absolute atomic E-state index is 15.6. The van der Waals surface area contributed by atoms with E-state index in [-0.39, 0.29) is 41.7 Å². The number of carbonyl (C=O) groups excluding carboxylic acids is 7. The van der Waals surface area contributed by atoms with Crippen LogP contribution in [-0.2, 0) is 57.4 Å². The molecule has 0 radical (unpaired) electrons. The normalized spacial score (nSPS) is 30.0. The van der Waals surface area contributed by atoms with Gasteiger partial charge in [0.1, 0.15) is 23.9 Å². The van der Waals surface area contributed by atoms with E-state index in [2.05, 4.69) is 5.32 Å². The highest BCUT2D eigenvalue weighted by Crippen LogP contribution is 2.65. The SMILES string of the molecule is CC(=O)O[C@H]1C(=O)[C@@]2(C)[C@H]([C@H](OC(=O)c3ccccc3)[C@]3(O)C[C@H](OC(=O)[C@H](OC(=O)CCN)[C@@H](NC(=O)c4ccc(Cl)cc4)c4ccccc4)C(C)=C1C3(C)C)[C@]1(OC(C)=O)OO[C@@H]1C[C@@H]2O. The Morgan fingerprint density at radius 1 is 0.882 bits per heavy atom. The molecule has 1 aliphatic heterocycles. The summed E-state index contributed by atoms with van der Waals surface area (Å²) in [6.07, 6.45) is -11.8. The Hall–Kier alpha value is -6.02. The number of Topliss-reactive ketones (excluding diaryl/α,β-unsaturated/α-hetero) is 1. The number of fused-ring (bicyclic) bond motifs is 5. The molecule has 3 aromatic carbocycles. The van der Waals surface area contributed by atoms with Crippen LogP contribution in [0.4, 0.5) is 0 Å². The van der Waals surface area contributed by atoms with Crippen LogP contribution < -0.4 is 11.1 Å². The number of aliphatic hydroxyl groups excluding tert-OH is 1. The molecule has 3 aromatic rings. The lowest BCUT2D eigenvalue weighted by atomic mass is 9.46. The molecule has 3 fully saturated rings. The summed E-state index contributed by atoms with van der Waals surface area (Å²) in [5.41, 5.74) is -0.388. The van der Waals surface area contributed by atoms with Gasteiger partial charge in [-0.15, -0.1) is 0 Å². The van der Waals surface area contributed by atoms with Gasteiger partial charge in [-0.25, -0.2) is 14.5 Å². The molecule has 1 heterocycles. The molecule has 2 saturated carbocycles. The lowest BCUT2D eigenvalue weighted by Gasteiger charge is -2.66. The summed E-state index contributed by atoms with van der Waals surface area (Å²) >= 11 is 6.08. The number of nitrogens with one attached hydrogen (secondary N) is 1. The Bertz CT molecular complexity index is 2500. The average Bonchev–Trinajstić information content (AvgIpc) is 3.29. The van der Waals surface area contributed by atoms with Crippen molar-refractivity contribution in [2.75, 3.05) is 6.54 Å². The molecule has 68 heavy (non-hydrogen) atoms. The number of aliphatic hydroxyl groups is 2. The lowest BCUT2D eigenvalue weighted by Crippen LogP contribution is -2.81. The first kappa shape index (κ1) is 49.9. The van der Waals surface area contributed by atoms with Gasteiger partial charge < -0.3 is 44.9 Å². The maximum atomic E-state index is 15.6. The van der Waals surface area contributed by atoms with Crippen LogP contribution in [0.25, 0.3) is 0 Å². The first-order chi connectivity index (χ1) is 32.1. The molecule has 5 N–H and O–H groups in total. The van der Waals surface area contributed by atoms with E-state index < -0.39 is 119 Å². The maximum Gasteiger partial charge on any atom is 0.350 e. The molecule has 4 aliphatic rings. The summed E-state index contributed by atoms with van der Waals surface area (Å²) < 4.78 is 30.2. The Kier molecular flexibility index (Phi) is 14.1. The topological polar surface area (TPSA) is 263 Å². The summed E-state index contributed by atoms with van der Waals surface area (Å²) in [5, 5.41) is 29.0. The lowest BCUT2D eigenvalue weighted by molar-refractivity contribution is -0.595. The Balaban J connectivity index is 1.42. The molecule has 0 aromatic heterocycles. The van der Waals surface area contributed by atoms with Gasteiger partial charge in [-0.3, -0.25) is 24.0 Å². The van der Waals surface area contributed by atoms with Gasteiger partial charge in [0.2, 0.25) is 6.10 Å². The molecule has 0 spiro atoms. The van der Waals surface area contributed by atoms with Gasteiger partial charge in [-0.1, -0.05) is 74.0 Å². The van der Waals surface area contributed by atoms with Crippen LogP contribution in [0.3, 0.4) is 0 Å². The largest absolute Gasteiger partial charge is 0.455 e. The molecule has 1 saturated heterocycles. The summed E-state index contributed by atoms with van der Waals surface area (Å²) in [7, 11) is 0. The van der Waals surface area contributed by atoms with E-state index in [1.54, 1.807) is 48.5 Å². The Morgan fingerprint density at radius 3 is 2.09 bits per heavy atom. The number of benzene rings is 3. The van der Waals surface area contributed by atoms with Gasteiger partial charge in [0.05, 0.1) is 29.4 Å². The predicted octanol–water partition coefficient (Wildman–Crippen LogP) is 4.18. The molecule has 2 bridgehead atoms. The minimum absolute atomic E-state index is 0.00229. The van der Waals surface area contributed by atoms with Crippen LogP contribution in [0.5, 0.6) is 0 Å². The highest BCUT2D eigenvalue weighted by Gasteiger charge is 2.80. The summed E-state index contributed by atoms with van der Waals surface area (Å²) in [6, 6.07) is 20.2. The number of rotatable bonds is 13. The Labute approximate surface area is 396 Å². The molecule has 1 amide bonds. The fourth-order valence-corrected chi connectivity index (χ4v) is 10.3. The van der Waals surface area contributed by atoms with Gasteiger partial charge in [0.15, 0.2) is 18.0 Å². The minimum atomic E-state index is -2.54. The third kappa shape index (κ3) is 8.80. The standard InChI is InChI=1S/C49H53ClN2O16/c1-25-32(63-45(60)39(64-35(56)21-22-51)37(28-13-9-7-10-14-28)52-43(58)29-17-19-31(50)20-18-29)24-48(61)42(65-44(59)30-15-11-8-12-16-30)40-47(6,33(55)23-34-49(40,68-67-34)66-27(3)54)41(57)38(62-26(2)53)36(25)46(48,4)5/h7-20,32-34,37-40,42,55,61H,21-24,51H2,1-6H3,(H,52,58)/t32-,33-,34+,37-,38+,39+,40-,42-,47+,48+,49+/m0/s1. The molecule has 0 unspecified atom stereocenters. The average molecular weight is 961 g/mol. The second-order valence-corrected chi connectivity index (χ2v) is 18.6. The molecule has 362 valence electrons.